The van der Waals surface area contributed by atoms with E-state index in [0.717, 1.165) is 36.3 Å². The molecule has 0 saturated carbocycles. The minimum atomic E-state index is -0.133. The van der Waals surface area contributed by atoms with E-state index in [1.807, 2.05) is 11.3 Å². The molecular weight excluding hydrogens is 1060 g/mol. The Kier molecular flexibility index (Phi) is 12.3. The molecule has 5 heteroatoms. The summed E-state index contributed by atoms with van der Waals surface area (Å²) in [5, 5.41) is 2.69. The second-order valence-corrected chi connectivity index (χ2v) is 30.2. The molecule has 4 aliphatic rings. The Bertz CT molecular complexity index is 4490. The highest BCUT2D eigenvalue weighted by Crippen LogP contribution is 2.57. The van der Waals surface area contributed by atoms with Gasteiger partial charge in [0.25, 0.3) is 6.71 Å². The minimum absolute atomic E-state index is 0.00793. The minimum Gasteiger partial charge on any atom is -0.311 e. The second-order valence-electron chi connectivity index (χ2n) is 29.1. The summed E-state index contributed by atoms with van der Waals surface area (Å²) in [6.07, 6.45) is 4.62. The lowest BCUT2D eigenvalue weighted by Crippen LogP contribution is -2.61. The topological polar surface area (TPSA) is 9.72 Å². The van der Waals surface area contributed by atoms with Crippen LogP contribution in [0.2, 0.25) is 0 Å². The van der Waals surface area contributed by atoms with Crippen LogP contribution in [0.15, 0.2) is 206 Å². The molecule has 0 bridgehead atoms. The molecule has 1 aromatic heterocycles. The van der Waals surface area contributed by atoms with Crippen molar-refractivity contribution in [3.05, 3.63) is 240 Å². The van der Waals surface area contributed by atoms with Gasteiger partial charge in [-0.3, -0.25) is 0 Å². The van der Waals surface area contributed by atoms with E-state index >= 15 is 0 Å². The molecule has 15 rings (SSSR count). The number of para-hydroxylation sites is 2. The van der Waals surface area contributed by atoms with E-state index in [9.17, 15) is 0 Å². The summed E-state index contributed by atoms with van der Waals surface area (Å²) in [6.45, 7) is 29.1. The van der Waals surface area contributed by atoms with Crippen molar-refractivity contribution in [2.75, 3.05) is 14.7 Å². The normalized spacial score (nSPS) is 16.7. The van der Waals surface area contributed by atoms with Gasteiger partial charge in [-0.1, -0.05) is 204 Å². The molecule has 0 saturated heterocycles. The van der Waals surface area contributed by atoms with Crippen LogP contribution in [-0.2, 0) is 27.1 Å². The Morgan fingerprint density at radius 3 is 1.53 bits per heavy atom. The molecule has 426 valence electrons. The van der Waals surface area contributed by atoms with E-state index in [2.05, 4.69) is 304 Å². The zero-order valence-electron chi connectivity index (χ0n) is 52.3. The number of fused-ring (bicyclic) bond motifs is 10. The fraction of sp³-hybridized carbons (Fsp3) is 0.259. The maximum absolute atomic E-state index is 2.76. The van der Waals surface area contributed by atoms with Crippen LogP contribution < -0.4 is 31.1 Å². The van der Waals surface area contributed by atoms with E-state index in [1.54, 1.807) is 0 Å². The quantitative estimate of drug-likeness (QED) is 0.147. The molecule has 2 aliphatic heterocycles. The molecule has 0 atom stereocenters. The molecule has 0 fully saturated rings. The molecule has 0 N–H and O–H groups in total. The van der Waals surface area contributed by atoms with Gasteiger partial charge in [-0.05, 0) is 205 Å². The number of thiophene rings is 1. The summed E-state index contributed by atoms with van der Waals surface area (Å²) in [7, 11) is 0. The summed E-state index contributed by atoms with van der Waals surface area (Å²) in [5.74, 6) is 0. The van der Waals surface area contributed by atoms with Gasteiger partial charge in [-0.15, -0.1) is 11.3 Å². The lowest BCUT2D eigenvalue weighted by molar-refractivity contribution is 0.332. The van der Waals surface area contributed by atoms with Gasteiger partial charge >= 0.3 is 0 Å². The van der Waals surface area contributed by atoms with Gasteiger partial charge in [0.2, 0.25) is 0 Å². The number of anilines is 9. The zero-order chi connectivity index (χ0) is 59.4. The van der Waals surface area contributed by atoms with Gasteiger partial charge in [-0.2, -0.15) is 0 Å². The zero-order valence-corrected chi connectivity index (χ0v) is 53.1. The van der Waals surface area contributed by atoms with E-state index in [4.69, 9.17) is 0 Å². The Balaban J connectivity index is 1.14. The Morgan fingerprint density at radius 2 is 0.942 bits per heavy atom. The monoisotopic (exact) mass is 1140 g/mol. The molecule has 3 nitrogen and oxygen atoms in total. The highest BCUT2D eigenvalue weighted by Gasteiger charge is 2.47. The van der Waals surface area contributed by atoms with Crippen molar-refractivity contribution in [1.29, 1.82) is 0 Å². The Morgan fingerprint density at radius 1 is 0.419 bits per heavy atom. The van der Waals surface area contributed by atoms with Gasteiger partial charge in [0.05, 0.1) is 17.1 Å². The number of aryl methyl sites for hydroxylation is 1. The first-order valence-corrected chi connectivity index (χ1v) is 32.3. The van der Waals surface area contributed by atoms with Crippen molar-refractivity contribution in [2.45, 2.75) is 136 Å². The van der Waals surface area contributed by atoms with Crippen molar-refractivity contribution >= 4 is 106 Å². The van der Waals surface area contributed by atoms with Gasteiger partial charge in [0, 0.05) is 59.9 Å². The first-order valence-electron chi connectivity index (χ1n) is 31.4. The van der Waals surface area contributed by atoms with Crippen LogP contribution in [0.3, 0.4) is 0 Å². The lowest BCUT2D eigenvalue weighted by Gasteiger charge is -2.47. The molecule has 0 radical (unpaired) electrons. The van der Waals surface area contributed by atoms with Gasteiger partial charge in [-0.25, -0.2) is 0 Å². The standard InChI is InChI=1S/C81H78BN3S/c1-51-43-61-63(80(9,10)41-39-78(61,5)6)49-69(51)84-68-36-33-54(52-25-17-13-18-26-52)44-66(68)82-65-35-38-72-74(60-48-62-64(50-73(60)86-72)81(11,12)42-40-79(62,7)8)76(65)85(67-37-34-55(77(2,3)4)45-59(67)53-27-19-14-20-28-53)71-47-58(46-70(84)75(71)82)83(56-29-21-15-22-30-56)57-31-23-16-24-32-57/h13-38,43-50H,39-42H2,1-12H3. The van der Waals surface area contributed by atoms with Gasteiger partial charge in [0.1, 0.15) is 0 Å². The largest absolute Gasteiger partial charge is 0.311 e. The first-order chi connectivity index (χ1) is 41.2. The van der Waals surface area contributed by atoms with Crippen LogP contribution in [0.4, 0.5) is 51.2 Å². The van der Waals surface area contributed by atoms with Crippen LogP contribution in [0.1, 0.15) is 135 Å². The predicted octanol–water partition coefficient (Wildman–Crippen LogP) is 21.2. The van der Waals surface area contributed by atoms with Crippen molar-refractivity contribution in [2.24, 2.45) is 0 Å². The number of nitrogens with zero attached hydrogens (tertiary/aromatic N) is 3. The highest BCUT2D eigenvalue weighted by molar-refractivity contribution is 7.26. The van der Waals surface area contributed by atoms with E-state index in [-0.39, 0.29) is 33.8 Å². The van der Waals surface area contributed by atoms with E-state index < -0.39 is 0 Å². The number of rotatable bonds is 7. The summed E-state index contributed by atoms with van der Waals surface area (Å²) in [4.78, 5) is 7.95. The van der Waals surface area contributed by atoms with Crippen molar-refractivity contribution < 1.29 is 0 Å². The van der Waals surface area contributed by atoms with Crippen LogP contribution in [0.25, 0.3) is 42.4 Å². The van der Waals surface area contributed by atoms with E-state index in [1.165, 1.54) is 133 Å². The van der Waals surface area contributed by atoms with Gasteiger partial charge in [0.15, 0.2) is 0 Å². The SMILES string of the molecule is Cc1cc2c(cc1N1c3ccc(-c4ccccc4)cc3B3c4ccc5sc6cc7c(cc6c5c4N(c4ccc(C(C)(C)C)cc4-c4ccccc4)c4cc(N(c5ccccc5)c5ccccc5)cc1c43)C(C)(C)CCC7(C)C)C(C)(C)CCC2(C)C. The number of hydrogen-bond acceptors (Lipinski definition) is 4. The molecular formula is C81H78BN3S. The van der Waals surface area contributed by atoms with Crippen molar-refractivity contribution in [3.63, 3.8) is 0 Å². The molecule has 86 heavy (non-hydrogen) atoms. The Hall–Kier alpha value is -8.12. The highest BCUT2D eigenvalue weighted by atomic mass is 32.1. The third-order valence-electron chi connectivity index (χ3n) is 20.6. The third kappa shape index (κ3) is 8.57. The van der Waals surface area contributed by atoms with Crippen molar-refractivity contribution in [1.82, 2.24) is 0 Å². The summed E-state index contributed by atoms with van der Waals surface area (Å²) < 4.78 is 2.68. The van der Waals surface area contributed by atoms with Crippen molar-refractivity contribution in [3.8, 4) is 22.3 Å². The molecule has 10 aromatic carbocycles. The van der Waals surface area contributed by atoms with Crippen LogP contribution in [0.5, 0.6) is 0 Å². The van der Waals surface area contributed by atoms with Crippen LogP contribution in [-0.4, -0.2) is 6.71 Å². The fourth-order valence-electron chi connectivity index (χ4n) is 15.4. The van der Waals surface area contributed by atoms with Gasteiger partial charge < -0.3 is 14.7 Å². The smallest absolute Gasteiger partial charge is 0.252 e. The van der Waals surface area contributed by atoms with E-state index in [0.29, 0.717) is 0 Å². The summed E-state index contributed by atoms with van der Waals surface area (Å²) >= 11 is 1.97. The van der Waals surface area contributed by atoms with Crippen LogP contribution in [0, 0.1) is 6.92 Å². The lowest BCUT2D eigenvalue weighted by atomic mass is 9.33. The summed E-state index contributed by atoms with van der Waals surface area (Å²) in [5.41, 5.74) is 28.0. The molecule has 0 unspecified atom stereocenters. The maximum Gasteiger partial charge on any atom is 0.252 e. The predicted molar refractivity (Wildman–Crippen MR) is 373 cm³/mol. The third-order valence-corrected chi connectivity index (χ3v) is 21.7. The Labute approximate surface area is 515 Å². The first kappa shape index (κ1) is 54.5. The van der Waals surface area contributed by atoms with Crippen LogP contribution >= 0.6 is 11.3 Å². The molecule has 2 aliphatic carbocycles. The number of benzene rings is 10. The fourth-order valence-corrected chi connectivity index (χ4v) is 16.6. The summed E-state index contributed by atoms with van der Waals surface area (Å²) in [6, 6.07) is 79.8. The molecule has 0 spiro atoms. The average molecular weight is 1140 g/mol. The maximum atomic E-state index is 2.76. The number of hydrogen-bond donors (Lipinski definition) is 0. The molecule has 11 aromatic rings. The molecule has 3 heterocycles. The average Bonchev–Trinajstić information content (AvgIpc) is 1.04. The molecule has 0 amide bonds. The second kappa shape index (κ2) is 19.4.